The smallest absolute Gasteiger partial charge is 0.343 e. The molecule has 0 spiro atoms. The minimum atomic E-state index is -1.89. The summed E-state index contributed by atoms with van der Waals surface area (Å²) in [5.74, 6) is 5.38. The van der Waals surface area contributed by atoms with E-state index in [1.54, 1.807) is 22.5 Å². The van der Waals surface area contributed by atoms with Gasteiger partial charge in [-0.15, -0.1) is 0 Å². The van der Waals surface area contributed by atoms with E-state index in [0.717, 1.165) is 16.5 Å². The van der Waals surface area contributed by atoms with Gasteiger partial charge in [0, 0.05) is 28.6 Å². The minimum absolute atomic E-state index is 0.0753. The van der Waals surface area contributed by atoms with Crippen LogP contribution in [0.2, 0.25) is 0 Å². The van der Waals surface area contributed by atoms with Gasteiger partial charge in [0.15, 0.2) is 5.60 Å². The van der Waals surface area contributed by atoms with Gasteiger partial charge in [-0.05, 0) is 25.5 Å². The van der Waals surface area contributed by atoms with E-state index in [4.69, 9.17) is 15.5 Å². The number of amides is 1. The average Bonchev–Trinajstić information content (AvgIpc) is 3.26. The molecule has 9 heteroatoms. The lowest BCUT2D eigenvalue weighted by molar-refractivity contribution is -0.172. The maximum atomic E-state index is 13.5. The molecule has 0 bridgehead atoms. The average molecular weight is 487 g/mol. The van der Waals surface area contributed by atoms with Crippen molar-refractivity contribution in [3.05, 3.63) is 62.9 Å². The molecular formula is C27H26N4O5. The second kappa shape index (κ2) is 8.90. The summed E-state index contributed by atoms with van der Waals surface area (Å²) in [6.45, 7) is 4.24. The number of ether oxygens (including phenoxy) is 1. The van der Waals surface area contributed by atoms with Crippen molar-refractivity contribution in [2.24, 2.45) is 5.73 Å². The molecule has 2 aliphatic heterocycles. The van der Waals surface area contributed by atoms with Crippen LogP contribution in [0.3, 0.4) is 0 Å². The second-order valence-corrected chi connectivity index (χ2v) is 8.85. The number of hydrogen-bond donors (Lipinski definition) is 2. The number of pyridine rings is 2. The number of likely N-dealkylation sites (N-methyl/N-ethyl adjacent to an activating group) is 1. The molecule has 3 N–H and O–H groups in total. The number of carbonyl (C=O) groups excluding carboxylic acids is 2. The zero-order valence-electron chi connectivity index (χ0n) is 20.1. The summed E-state index contributed by atoms with van der Waals surface area (Å²) in [6, 6.07) is 9.25. The van der Waals surface area contributed by atoms with Crippen molar-refractivity contribution in [1.29, 1.82) is 0 Å². The molecule has 1 atom stereocenters. The number of fused-ring (bicyclic) bond motifs is 5. The fraction of sp³-hybridized carbons (Fsp3) is 0.333. The lowest BCUT2D eigenvalue weighted by atomic mass is 9.86. The van der Waals surface area contributed by atoms with Gasteiger partial charge in [-0.2, -0.15) is 0 Å². The Morgan fingerprint density at radius 3 is 2.78 bits per heavy atom. The molecule has 0 saturated carbocycles. The van der Waals surface area contributed by atoms with Gasteiger partial charge < -0.3 is 25.0 Å². The minimum Gasteiger partial charge on any atom is -0.458 e. The van der Waals surface area contributed by atoms with Crippen molar-refractivity contribution in [1.82, 2.24) is 14.5 Å². The molecule has 2 aromatic heterocycles. The second-order valence-electron chi connectivity index (χ2n) is 8.85. The quantitative estimate of drug-likeness (QED) is 0.328. The van der Waals surface area contributed by atoms with Gasteiger partial charge in [0.05, 0.1) is 42.1 Å². The molecule has 1 aromatic carbocycles. The summed E-state index contributed by atoms with van der Waals surface area (Å²) >= 11 is 0. The summed E-state index contributed by atoms with van der Waals surface area (Å²) < 4.78 is 6.74. The van der Waals surface area contributed by atoms with Crippen LogP contribution in [0.4, 0.5) is 0 Å². The largest absolute Gasteiger partial charge is 0.458 e. The summed E-state index contributed by atoms with van der Waals surface area (Å²) in [4.78, 5) is 44.3. The molecule has 9 nitrogen and oxygen atoms in total. The summed E-state index contributed by atoms with van der Waals surface area (Å²) in [5.41, 5.74) is 7.15. The van der Waals surface area contributed by atoms with Gasteiger partial charge >= 0.3 is 5.97 Å². The summed E-state index contributed by atoms with van der Waals surface area (Å²) in [7, 11) is 0. The topological polar surface area (TPSA) is 128 Å². The molecule has 4 heterocycles. The van der Waals surface area contributed by atoms with Gasteiger partial charge in [0.1, 0.15) is 6.61 Å². The van der Waals surface area contributed by atoms with E-state index < -0.39 is 11.6 Å². The van der Waals surface area contributed by atoms with Gasteiger partial charge in [-0.1, -0.05) is 37.0 Å². The van der Waals surface area contributed by atoms with Gasteiger partial charge in [-0.25, -0.2) is 9.78 Å². The molecule has 2 aliphatic rings. The Kier molecular flexibility index (Phi) is 5.86. The third kappa shape index (κ3) is 3.49. The Balaban J connectivity index is 1.69. The first-order valence-electron chi connectivity index (χ1n) is 11.9. The number of hydrogen-bond acceptors (Lipinski definition) is 7. The van der Waals surface area contributed by atoms with Crippen LogP contribution in [-0.4, -0.2) is 51.1 Å². The number of rotatable bonds is 4. The van der Waals surface area contributed by atoms with E-state index >= 15 is 0 Å². The van der Waals surface area contributed by atoms with Crippen molar-refractivity contribution in [3.63, 3.8) is 0 Å². The maximum Gasteiger partial charge on any atom is 0.343 e. The molecule has 0 fully saturated rings. The highest BCUT2D eigenvalue weighted by Crippen LogP contribution is 2.39. The SMILES string of the molecule is CCN(CC#Cc1c2c(nc3ccccc13)-c1cc3c(c(=O)n1C2)COC(=O)[C@]3(O)CC)C(=O)CN. The molecule has 0 saturated heterocycles. The zero-order valence-corrected chi connectivity index (χ0v) is 20.1. The number of cyclic esters (lactones) is 1. The third-order valence-electron chi connectivity index (χ3n) is 6.99. The number of aromatic nitrogens is 2. The fourth-order valence-electron chi connectivity index (χ4n) is 4.90. The molecule has 5 rings (SSSR count). The van der Waals surface area contributed by atoms with E-state index in [0.29, 0.717) is 23.4 Å². The highest BCUT2D eigenvalue weighted by molar-refractivity contribution is 5.91. The number of para-hydroxylation sites is 1. The first kappa shape index (κ1) is 23.7. The molecule has 0 unspecified atom stereocenters. The standard InChI is InChI=1S/C27H26N4O5/c1-3-27(35)20-12-22-24-18(14-31(22)25(33)19(20)15-36-26(27)34)16(17-8-5-6-10-21(17)29-24)9-7-11-30(4-2)23(32)13-28/h5-6,8,10,12,35H,3-4,11,13-15,28H2,1-2H3/t27-/m0/s1. The number of esters is 1. The third-order valence-corrected chi connectivity index (χ3v) is 6.99. The van der Waals surface area contributed by atoms with E-state index in [9.17, 15) is 19.5 Å². The van der Waals surface area contributed by atoms with E-state index in [1.807, 2.05) is 31.2 Å². The predicted molar refractivity (Wildman–Crippen MR) is 133 cm³/mol. The Morgan fingerprint density at radius 2 is 2.06 bits per heavy atom. The zero-order chi connectivity index (χ0) is 25.6. The summed E-state index contributed by atoms with van der Waals surface area (Å²) in [5, 5.41) is 11.9. The van der Waals surface area contributed by atoms with Gasteiger partial charge in [0.2, 0.25) is 5.91 Å². The summed E-state index contributed by atoms with van der Waals surface area (Å²) in [6.07, 6.45) is 0.0753. The number of benzene rings is 1. The number of nitrogens with zero attached hydrogens (tertiary/aromatic N) is 3. The van der Waals surface area contributed by atoms with Crippen molar-refractivity contribution >= 4 is 22.8 Å². The van der Waals surface area contributed by atoms with Crippen molar-refractivity contribution < 1.29 is 19.4 Å². The maximum absolute atomic E-state index is 13.5. The molecule has 36 heavy (non-hydrogen) atoms. The molecule has 3 aromatic rings. The predicted octanol–water partition coefficient (Wildman–Crippen LogP) is 1.24. The van der Waals surface area contributed by atoms with E-state index in [-0.39, 0.29) is 55.3 Å². The highest BCUT2D eigenvalue weighted by Gasteiger charge is 2.45. The van der Waals surface area contributed by atoms with Crippen LogP contribution in [0.5, 0.6) is 0 Å². The van der Waals surface area contributed by atoms with Gasteiger partial charge in [-0.3, -0.25) is 9.59 Å². The number of nitrogens with two attached hydrogens (primary N) is 1. The van der Waals surface area contributed by atoms with Crippen molar-refractivity contribution in [2.75, 3.05) is 19.6 Å². The lowest BCUT2D eigenvalue weighted by Crippen LogP contribution is -2.44. The first-order chi connectivity index (χ1) is 17.3. The van der Waals surface area contributed by atoms with Crippen LogP contribution in [0.25, 0.3) is 22.3 Å². The van der Waals surface area contributed by atoms with Crippen LogP contribution < -0.4 is 11.3 Å². The van der Waals surface area contributed by atoms with Crippen LogP contribution in [0, 0.1) is 11.8 Å². The Morgan fingerprint density at radius 1 is 1.28 bits per heavy atom. The number of aliphatic hydroxyl groups is 1. The monoisotopic (exact) mass is 486 g/mol. The van der Waals surface area contributed by atoms with Crippen molar-refractivity contribution in [3.8, 4) is 23.2 Å². The van der Waals surface area contributed by atoms with E-state index in [2.05, 4.69) is 11.8 Å². The van der Waals surface area contributed by atoms with Crippen LogP contribution in [0.15, 0.2) is 35.1 Å². The highest BCUT2D eigenvalue weighted by atomic mass is 16.6. The van der Waals surface area contributed by atoms with Gasteiger partial charge in [0.25, 0.3) is 5.56 Å². The molecular weight excluding hydrogens is 460 g/mol. The molecule has 0 aliphatic carbocycles. The first-order valence-corrected chi connectivity index (χ1v) is 11.9. The Hall–Kier alpha value is -4.00. The van der Waals surface area contributed by atoms with Crippen LogP contribution in [0.1, 0.15) is 42.5 Å². The van der Waals surface area contributed by atoms with Crippen LogP contribution >= 0.6 is 0 Å². The van der Waals surface area contributed by atoms with Crippen LogP contribution in [-0.2, 0) is 33.1 Å². The van der Waals surface area contributed by atoms with E-state index in [1.165, 1.54) is 0 Å². The normalized spacial score (nSPS) is 17.5. The van der Waals surface area contributed by atoms with Crippen molar-refractivity contribution in [2.45, 2.75) is 39.0 Å². The Bertz CT molecular complexity index is 1550. The lowest BCUT2D eigenvalue weighted by Gasteiger charge is -2.31. The molecule has 0 radical (unpaired) electrons. The molecule has 1 amide bonds. The number of carbonyl (C=O) groups is 2. The fourth-order valence-corrected chi connectivity index (χ4v) is 4.90. The Labute approximate surface area is 207 Å². The molecule has 184 valence electrons.